The standard InChI is InChI=1S/C13H14NO/c15-13-10-6-8-12(9-7-10)14(13)11-4-2-1-3-5-11/h2-5,10,12H,6-9H2. The van der Waals surface area contributed by atoms with E-state index in [4.69, 9.17) is 0 Å². The molecular formula is C13H14NO. The summed E-state index contributed by atoms with van der Waals surface area (Å²) in [7, 11) is 0. The summed E-state index contributed by atoms with van der Waals surface area (Å²) in [5.41, 5.74) is 1.05. The summed E-state index contributed by atoms with van der Waals surface area (Å²) in [6.45, 7) is 0. The Hall–Kier alpha value is -1.31. The molecule has 77 valence electrons. The molecule has 4 rings (SSSR count). The van der Waals surface area contributed by atoms with Crippen molar-refractivity contribution in [2.75, 3.05) is 4.90 Å². The maximum atomic E-state index is 12.1. The highest BCUT2D eigenvalue weighted by molar-refractivity contribution is 5.97. The molecule has 15 heavy (non-hydrogen) atoms. The second kappa shape index (κ2) is 3.37. The third-order valence-electron chi connectivity index (χ3n) is 3.63. The van der Waals surface area contributed by atoms with Gasteiger partial charge in [-0.3, -0.25) is 4.79 Å². The third-order valence-corrected chi connectivity index (χ3v) is 3.63. The molecule has 0 spiro atoms. The van der Waals surface area contributed by atoms with Crippen molar-refractivity contribution >= 4 is 11.6 Å². The number of carbonyl (C=O) groups is 1. The van der Waals surface area contributed by atoms with Crippen LogP contribution in [0.3, 0.4) is 0 Å². The van der Waals surface area contributed by atoms with Crippen LogP contribution in [-0.4, -0.2) is 11.9 Å². The molecule has 1 aromatic rings. The van der Waals surface area contributed by atoms with Crippen molar-refractivity contribution in [2.45, 2.75) is 31.7 Å². The molecule has 2 saturated heterocycles. The molecule has 0 unspecified atom stereocenters. The van der Waals surface area contributed by atoms with Crippen molar-refractivity contribution in [1.29, 1.82) is 0 Å². The van der Waals surface area contributed by atoms with E-state index in [9.17, 15) is 4.79 Å². The maximum Gasteiger partial charge on any atom is 0.230 e. The quantitative estimate of drug-likeness (QED) is 0.681. The van der Waals surface area contributed by atoms with Gasteiger partial charge in [0.1, 0.15) is 0 Å². The molecule has 1 amide bonds. The van der Waals surface area contributed by atoms with Crippen LogP contribution in [0.15, 0.2) is 24.3 Å². The van der Waals surface area contributed by atoms with Crippen molar-refractivity contribution in [3.05, 3.63) is 30.3 Å². The number of hydrogen-bond acceptors (Lipinski definition) is 1. The molecule has 2 nitrogen and oxygen atoms in total. The fourth-order valence-corrected chi connectivity index (χ4v) is 2.83. The van der Waals surface area contributed by atoms with E-state index < -0.39 is 0 Å². The number of amides is 1. The van der Waals surface area contributed by atoms with Crippen molar-refractivity contribution in [3.8, 4) is 0 Å². The third kappa shape index (κ3) is 1.36. The van der Waals surface area contributed by atoms with E-state index in [1.165, 1.54) is 12.8 Å². The highest BCUT2D eigenvalue weighted by Gasteiger charge is 2.40. The Balaban J connectivity index is 1.96. The van der Waals surface area contributed by atoms with Gasteiger partial charge in [-0.2, -0.15) is 0 Å². The van der Waals surface area contributed by atoms with Crippen LogP contribution < -0.4 is 4.90 Å². The maximum absolute atomic E-state index is 12.1. The van der Waals surface area contributed by atoms with Crippen LogP contribution in [-0.2, 0) is 4.79 Å². The smallest absolute Gasteiger partial charge is 0.230 e. The van der Waals surface area contributed by atoms with Crippen LogP contribution in [0.2, 0.25) is 0 Å². The highest BCUT2D eigenvalue weighted by atomic mass is 16.2. The van der Waals surface area contributed by atoms with Gasteiger partial charge < -0.3 is 4.90 Å². The largest absolute Gasteiger partial charge is 0.309 e. The van der Waals surface area contributed by atoms with Crippen molar-refractivity contribution in [3.63, 3.8) is 0 Å². The zero-order valence-corrected chi connectivity index (χ0v) is 8.65. The van der Waals surface area contributed by atoms with Gasteiger partial charge >= 0.3 is 0 Å². The van der Waals surface area contributed by atoms with Gasteiger partial charge in [-0.15, -0.1) is 0 Å². The number of hydrogen-bond donors (Lipinski definition) is 0. The molecule has 0 aromatic heterocycles. The molecule has 3 aliphatic rings. The first-order chi connectivity index (χ1) is 7.36. The predicted molar refractivity (Wildman–Crippen MR) is 58.5 cm³/mol. The molecular weight excluding hydrogens is 186 g/mol. The first-order valence-electron chi connectivity index (χ1n) is 5.65. The monoisotopic (exact) mass is 200 g/mol. The van der Waals surface area contributed by atoms with E-state index in [-0.39, 0.29) is 0 Å². The summed E-state index contributed by atoms with van der Waals surface area (Å²) in [5.74, 6) is 0.628. The Morgan fingerprint density at radius 2 is 1.80 bits per heavy atom. The lowest BCUT2D eigenvalue weighted by Gasteiger charge is -2.44. The second-order valence-corrected chi connectivity index (χ2v) is 4.47. The number of benzene rings is 1. The van der Waals surface area contributed by atoms with Crippen LogP contribution in [0.25, 0.3) is 0 Å². The van der Waals surface area contributed by atoms with Crippen molar-refractivity contribution < 1.29 is 4.79 Å². The number of rotatable bonds is 1. The topological polar surface area (TPSA) is 20.3 Å². The molecule has 0 atom stereocenters. The molecule has 3 fully saturated rings. The van der Waals surface area contributed by atoms with E-state index in [0.29, 0.717) is 17.9 Å². The minimum absolute atomic E-state index is 0.291. The Morgan fingerprint density at radius 3 is 2.40 bits per heavy atom. The van der Waals surface area contributed by atoms with Crippen LogP contribution in [0.1, 0.15) is 25.7 Å². The molecule has 1 saturated carbocycles. The predicted octanol–water partition coefficient (Wildman–Crippen LogP) is 2.39. The Morgan fingerprint density at radius 1 is 1.13 bits per heavy atom. The first-order valence-corrected chi connectivity index (χ1v) is 5.65. The fourth-order valence-electron chi connectivity index (χ4n) is 2.83. The number of piperidine rings is 2. The summed E-state index contributed by atoms with van der Waals surface area (Å²) >= 11 is 0. The second-order valence-electron chi connectivity index (χ2n) is 4.47. The molecule has 0 N–H and O–H groups in total. The number of anilines is 1. The first kappa shape index (κ1) is 8.96. The Kier molecular flexibility index (Phi) is 2.01. The van der Waals surface area contributed by atoms with Gasteiger partial charge in [0.25, 0.3) is 0 Å². The summed E-state index contributed by atoms with van der Waals surface area (Å²) in [5, 5.41) is 0. The summed E-state index contributed by atoms with van der Waals surface area (Å²) in [6, 6.07) is 11.2. The van der Waals surface area contributed by atoms with E-state index in [1.54, 1.807) is 0 Å². The van der Waals surface area contributed by atoms with Gasteiger partial charge in [0.15, 0.2) is 0 Å². The zero-order chi connectivity index (χ0) is 10.3. The molecule has 2 aliphatic heterocycles. The van der Waals surface area contributed by atoms with E-state index in [2.05, 4.69) is 6.07 Å². The molecule has 1 radical (unpaired) electrons. The van der Waals surface area contributed by atoms with Gasteiger partial charge in [0.05, 0.1) is 0 Å². The van der Waals surface area contributed by atoms with Gasteiger partial charge in [-0.05, 0) is 43.9 Å². The number of carbonyl (C=O) groups excluding carboxylic acids is 1. The minimum atomic E-state index is 0.291. The fraction of sp³-hybridized carbons (Fsp3) is 0.462. The molecule has 2 heterocycles. The lowest BCUT2D eigenvalue weighted by molar-refractivity contribution is -0.126. The van der Waals surface area contributed by atoms with E-state index in [0.717, 1.165) is 18.5 Å². The van der Waals surface area contributed by atoms with Crippen molar-refractivity contribution in [2.24, 2.45) is 5.92 Å². The SMILES string of the molecule is O=C1C2CCC(CC2)N1c1cc[c]cc1. The van der Waals surface area contributed by atoms with Gasteiger partial charge in [0, 0.05) is 17.6 Å². The van der Waals surface area contributed by atoms with Crippen LogP contribution in [0.4, 0.5) is 5.69 Å². The molecule has 1 aliphatic carbocycles. The van der Waals surface area contributed by atoms with Crippen LogP contribution >= 0.6 is 0 Å². The van der Waals surface area contributed by atoms with Crippen LogP contribution in [0.5, 0.6) is 0 Å². The summed E-state index contributed by atoms with van der Waals surface area (Å²) < 4.78 is 0. The van der Waals surface area contributed by atoms with Gasteiger partial charge in [0.2, 0.25) is 5.91 Å². The summed E-state index contributed by atoms with van der Waals surface area (Å²) in [6.07, 6.45) is 4.54. The zero-order valence-electron chi connectivity index (χ0n) is 8.65. The number of nitrogens with zero attached hydrogens (tertiary/aromatic N) is 1. The highest BCUT2D eigenvalue weighted by Crippen LogP contribution is 2.38. The lowest BCUT2D eigenvalue weighted by Crippen LogP contribution is -2.52. The molecule has 1 aromatic carbocycles. The average Bonchev–Trinajstić information content (AvgIpc) is 2.31. The van der Waals surface area contributed by atoms with Crippen LogP contribution in [0, 0.1) is 12.0 Å². The minimum Gasteiger partial charge on any atom is -0.309 e. The van der Waals surface area contributed by atoms with E-state index >= 15 is 0 Å². The normalized spacial score (nSPS) is 29.6. The van der Waals surface area contributed by atoms with Gasteiger partial charge in [-0.1, -0.05) is 12.1 Å². The van der Waals surface area contributed by atoms with E-state index in [1.807, 2.05) is 29.2 Å². The number of fused-ring (bicyclic) bond motifs is 3. The Bertz CT molecular complexity index is 365. The Labute approximate surface area is 89.9 Å². The summed E-state index contributed by atoms with van der Waals surface area (Å²) in [4.78, 5) is 14.1. The average molecular weight is 200 g/mol. The van der Waals surface area contributed by atoms with Gasteiger partial charge in [-0.25, -0.2) is 0 Å². The molecule has 2 bridgehead atoms. The van der Waals surface area contributed by atoms with Crippen molar-refractivity contribution in [1.82, 2.24) is 0 Å². The molecule has 2 heteroatoms. The lowest BCUT2D eigenvalue weighted by atomic mass is 9.79.